The third kappa shape index (κ3) is 11.1. The normalized spacial score (nSPS) is 13.7. The summed E-state index contributed by atoms with van der Waals surface area (Å²) in [5.74, 6) is -8.36. The minimum Gasteiger partial charge on any atom is -0.481 e. The molecule has 0 fully saturated rings. The SMILES string of the molecule is NC(CC(=O)O)C(=O)NCC(CC(=O)O)CC(=O)NC(CC(=O)O)C(=O)O. The number of aliphatic carboxylic acids is 4. The van der Waals surface area contributed by atoms with E-state index in [1.54, 1.807) is 0 Å². The van der Waals surface area contributed by atoms with Crippen molar-refractivity contribution in [3.05, 3.63) is 0 Å². The third-order valence-electron chi connectivity index (χ3n) is 3.25. The van der Waals surface area contributed by atoms with E-state index in [1.807, 2.05) is 5.32 Å². The Labute approximate surface area is 152 Å². The molecule has 2 amide bonds. The van der Waals surface area contributed by atoms with E-state index in [2.05, 4.69) is 5.32 Å². The molecule has 0 spiro atoms. The van der Waals surface area contributed by atoms with Gasteiger partial charge in [0.05, 0.1) is 25.3 Å². The van der Waals surface area contributed by atoms with Crippen molar-refractivity contribution in [1.29, 1.82) is 0 Å². The summed E-state index contributed by atoms with van der Waals surface area (Å²) >= 11 is 0. The fraction of sp³-hybridized carbons (Fsp3) is 0.571. The molecule has 13 heteroatoms. The average Bonchev–Trinajstić information content (AvgIpc) is 2.49. The first-order valence-corrected chi connectivity index (χ1v) is 7.63. The Balaban J connectivity index is 4.80. The Hall–Kier alpha value is -3.22. The second kappa shape index (κ2) is 11.4. The maximum atomic E-state index is 11.9. The van der Waals surface area contributed by atoms with Crippen molar-refractivity contribution >= 4 is 35.7 Å². The molecule has 0 saturated heterocycles. The second-order valence-electron chi connectivity index (χ2n) is 5.67. The van der Waals surface area contributed by atoms with Gasteiger partial charge < -0.3 is 36.8 Å². The fourth-order valence-corrected chi connectivity index (χ4v) is 2.01. The molecule has 0 aliphatic carbocycles. The lowest BCUT2D eigenvalue weighted by Gasteiger charge is -2.18. The van der Waals surface area contributed by atoms with E-state index in [0.717, 1.165) is 0 Å². The molecule has 0 radical (unpaired) electrons. The number of carboxylic acid groups (broad SMARTS) is 4. The van der Waals surface area contributed by atoms with Crippen molar-refractivity contribution in [2.24, 2.45) is 11.7 Å². The largest absolute Gasteiger partial charge is 0.481 e. The molecule has 27 heavy (non-hydrogen) atoms. The zero-order chi connectivity index (χ0) is 21.1. The number of amides is 2. The molecule has 0 aliphatic heterocycles. The molecule has 0 rings (SSSR count). The molecular formula is C14H21N3O10. The van der Waals surface area contributed by atoms with E-state index in [0.29, 0.717) is 0 Å². The van der Waals surface area contributed by atoms with Crippen molar-refractivity contribution < 1.29 is 49.2 Å². The molecule has 3 unspecified atom stereocenters. The number of hydrogen-bond donors (Lipinski definition) is 7. The first kappa shape index (κ1) is 23.8. The molecule has 152 valence electrons. The van der Waals surface area contributed by atoms with Crippen molar-refractivity contribution in [3.8, 4) is 0 Å². The highest BCUT2D eigenvalue weighted by Crippen LogP contribution is 2.09. The predicted molar refractivity (Wildman–Crippen MR) is 85.4 cm³/mol. The molecule has 3 atom stereocenters. The third-order valence-corrected chi connectivity index (χ3v) is 3.25. The molecule has 0 saturated carbocycles. The van der Waals surface area contributed by atoms with Crippen molar-refractivity contribution in [1.82, 2.24) is 10.6 Å². The van der Waals surface area contributed by atoms with Crippen LogP contribution in [0.25, 0.3) is 0 Å². The fourth-order valence-electron chi connectivity index (χ4n) is 2.01. The molecule has 0 heterocycles. The molecule has 0 aromatic rings. The van der Waals surface area contributed by atoms with Gasteiger partial charge in [0.1, 0.15) is 6.04 Å². The maximum Gasteiger partial charge on any atom is 0.326 e. The Kier molecular flexibility index (Phi) is 10.0. The maximum absolute atomic E-state index is 11.9. The summed E-state index contributed by atoms with van der Waals surface area (Å²) in [6, 6.07) is -3.06. The van der Waals surface area contributed by atoms with Gasteiger partial charge in [-0.2, -0.15) is 0 Å². The van der Waals surface area contributed by atoms with Crippen LogP contribution in [-0.2, 0) is 28.8 Å². The van der Waals surface area contributed by atoms with E-state index in [9.17, 15) is 28.8 Å². The lowest BCUT2D eigenvalue weighted by molar-refractivity contribution is -0.147. The minimum absolute atomic E-state index is 0.331. The Morgan fingerprint density at radius 3 is 1.74 bits per heavy atom. The van der Waals surface area contributed by atoms with Gasteiger partial charge in [-0.3, -0.25) is 24.0 Å². The van der Waals surface area contributed by atoms with Crippen LogP contribution in [0.15, 0.2) is 0 Å². The van der Waals surface area contributed by atoms with Gasteiger partial charge in [0.2, 0.25) is 11.8 Å². The van der Waals surface area contributed by atoms with Gasteiger partial charge >= 0.3 is 23.9 Å². The van der Waals surface area contributed by atoms with E-state index in [-0.39, 0.29) is 6.54 Å². The summed E-state index contributed by atoms with van der Waals surface area (Å²) in [5.41, 5.74) is 5.34. The highest BCUT2D eigenvalue weighted by Gasteiger charge is 2.26. The van der Waals surface area contributed by atoms with Crippen molar-refractivity contribution in [3.63, 3.8) is 0 Å². The zero-order valence-corrected chi connectivity index (χ0v) is 14.1. The average molecular weight is 391 g/mol. The van der Waals surface area contributed by atoms with Crippen LogP contribution in [0, 0.1) is 5.92 Å². The molecule has 13 nitrogen and oxygen atoms in total. The standard InChI is InChI=1S/C14H21N3O10/c15-7(3-11(21)22)13(25)16-5-6(2-10(19)20)1-9(18)17-8(14(26)27)4-12(23)24/h6-8H,1-5,15H2,(H,16,25)(H,17,18)(H,19,20)(H,21,22)(H,23,24)(H,26,27). The van der Waals surface area contributed by atoms with E-state index >= 15 is 0 Å². The van der Waals surface area contributed by atoms with Gasteiger partial charge in [-0.25, -0.2) is 4.79 Å². The van der Waals surface area contributed by atoms with Gasteiger partial charge in [-0.05, 0) is 5.92 Å². The minimum atomic E-state index is -1.70. The number of carbonyl (C=O) groups is 6. The van der Waals surface area contributed by atoms with Gasteiger partial charge in [0.25, 0.3) is 0 Å². The summed E-state index contributed by atoms with van der Waals surface area (Å²) in [4.78, 5) is 66.4. The van der Waals surface area contributed by atoms with Crippen LogP contribution in [0.5, 0.6) is 0 Å². The van der Waals surface area contributed by atoms with Gasteiger partial charge in [0.15, 0.2) is 0 Å². The van der Waals surface area contributed by atoms with Crippen LogP contribution in [-0.4, -0.2) is 74.7 Å². The van der Waals surface area contributed by atoms with Crippen LogP contribution in [0.2, 0.25) is 0 Å². The number of carbonyl (C=O) groups excluding carboxylic acids is 2. The van der Waals surface area contributed by atoms with E-state index < -0.39 is 79.4 Å². The molecule has 0 aromatic carbocycles. The summed E-state index contributed by atoms with van der Waals surface area (Å²) in [6.07, 6.45) is -2.58. The summed E-state index contributed by atoms with van der Waals surface area (Å²) < 4.78 is 0. The monoisotopic (exact) mass is 391 g/mol. The first-order valence-electron chi connectivity index (χ1n) is 7.63. The second-order valence-corrected chi connectivity index (χ2v) is 5.67. The van der Waals surface area contributed by atoms with Crippen molar-refractivity contribution in [2.45, 2.75) is 37.8 Å². The number of rotatable bonds is 13. The summed E-state index contributed by atoms with van der Waals surface area (Å²) in [5, 5.41) is 39.1. The summed E-state index contributed by atoms with van der Waals surface area (Å²) in [7, 11) is 0. The predicted octanol–water partition coefficient (Wildman–Crippen LogP) is -2.57. The number of carboxylic acids is 4. The quantitative estimate of drug-likeness (QED) is 0.172. The topological polar surface area (TPSA) is 233 Å². The Morgan fingerprint density at radius 2 is 1.30 bits per heavy atom. The molecule has 0 bridgehead atoms. The van der Waals surface area contributed by atoms with Crippen molar-refractivity contribution in [2.75, 3.05) is 6.54 Å². The number of nitrogens with one attached hydrogen (secondary N) is 2. The molecule has 0 aliphatic rings. The van der Waals surface area contributed by atoms with Crippen LogP contribution in [0.4, 0.5) is 0 Å². The van der Waals surface area contributed by atoms with E-state index in [4.69, 9.17) is 26.2 Å². The highest BCUT2D eigenvalue weighted by atomic mass is 16.4. The van der Waals surface area contributed by atoms with Crippen LogP contribution in [0.3, 0.4) is 0 Å². The van der Waals surface area contributed by atoms with Gasteiger partial charge in [0, 0.05) is 13.0 Å². The summed E-state index contributed by atoms with van der Waals surface area (Å²) in [6.45, 7) is -0.331. The number of hydrogen-bond acceptors (Lipinski definition) is 7. The first-order chi connectivity index (χ1) is 12.4. The van der Waals surface area contributed by atoms with Gasteiger partial charge in [-0.1, -0.05) is 0 Å². The van der Waals surface area contributed by atoms with Crippen LogP contribution < -0.4 is 16.4 Å². The number of nitrogens with two attached hydrogens (primary N) is 1. The van der Waals surface area contributed by atoms with E-state index in [1.165, 1.54) is 0 Å². The highest BCUT2D eigenvalue weighted by molar-refractivity contribution is 5.87. The lowest BCUT2D eigenvalue weighted by Crippen LogP contribution is -2.45. The smallest absolute Gasteiger partial charge is 0.326 e. The van der Waals surface area contributed by atoms with Crippen LogP contribution >= 0.6 is 0 Å². The molecular weight excluding hydrogens is 370 g/mol. The molecule has 0 aromatic heterocycles. The van der Waals surface area contributed by atoms with Gasteiger partial charge in [-0.15, -0.1) is 0 Å². The molecule has 8 N–H and O–H groups in total. The lowest BCUT2D eigenvalue weighted by atomic mass is 10.00. The Bertz CT molecular complexity index is 606. The Morgan fingerprint density at radius 1 is 0.778 bits per heavy atom. The zero-order valence-electron chi connectivity index (χ0n) is 14.1. The van der Waals surface area contributed by atoms with Crippen LogP contribution in [0.1, 0.15) is 25.7 Å².